The molecule has 0 bridgehead atoms. The zero-order valence-electron chi connectivity index (χ0n) is 26.2. The summed E-state index contributed by atoms with van der Waals surface area (Å²) in [6, 6.07) is 66.7. The summed E-state index contributed by atoms with van der Waals surface area (Å²) in [5.41, 5.74) is 9.97. The summed E-state index contributed by atoms with van der Waals surface area (Å²) in [6.45, 7) is 0. The van der Waals surface area contributed by atoms with E-state index in [0.29, 0.717) is 0 Å². The molecule has 226 valence electrons. The average Bonchev–Trinajstić information content (AvgIpc) is 3.56. The molecule has 3 nitrogen and oxygen atoms in total. The van der Waals surface area contributed by atoms with Crippen molar-refractivity contribution < 1.29 is 0 Å². The molecule has 9 aromatic rings. The summed E-state index contributed by atoms with van der Waals surface area (Å²) in [5, 5.41) is 4.86. The van der Waals surface area contributed by atoms with E-state index in [4.69, 9.17) is 4.98 Å². The van der Waals surface area contributed by atoms with Crippen LogP contribution in [0.3, 0.4) is 0 Å². The predicted octanol–water partition coefficient (Wildman–Crippen LogP) is 12.1. The van der Waals surface area contributed by atoms with E-state index in [2.05, 4.69) is 198 Å². The fourth-order valence-corrected chi connectivity index (χ4v) is 6.89. The normalized spacial score (nSPS) is 11.3. The lowest BCUT2D eigenvalue weighted by Gasteiger charge is -2.26. The van der Waals surface area contributed by atoms with Crippen molar-refractivity contribution in [3.05, 3.63) is 188 Å². The molecule has 0 N–H and O–H groups in total. The standard InChI is InChI=1S/C45H31N3/c1-3-15-36(16-4-1)47(38-27-22-34(23-28-38)41-21-11-14-32-12-7-9-19-40(32)41)39-29-24-35(25-30-39)45-46-44-42-20-10-8-13-33(42)26-31-43(44)48(45)37-17-5-2-6-18-37/h1-31H. The molecule has 1 heterocycles. The molecule has 0 aliphatic heterocycles. The highest BCUT2D eigenvalue weighted by Gasteiger charge is 2.18. The van der Waals surface area contributed by atoms with Gasteiger partial charge in [0.2, 0.25) is 0 Å². The Morgan fingerprint density at radius 3 is 1.65 bits per heavy atom. The molecule has 1 aromatic heterocycles. The summed E-state index contributed by atoms with van der Waals surface area (Å²) in [4.78, 5) is 7.60. The Kier molecular flexibility index (Phi) is 6.80. The minimum Gasteiger partial charge on any atom is -0.311 e. The topological polar surface area (TPSA) is 21.1 Å². The first-order valence-electron chi connectivity index (χ1n) is 16.3. The van der Waals surface area contributed by atoms with Crippen LogP contribution in [0.25, 0.3) is 60.8 Å². The van der Waals surface area contributed by atoms with Crippen LogP contribution in [0.2, 0.25) is 0 Å². The van der Waals surface area contributed by atoms with Crippen LogP contribution in [0.15, 0.2) is 188 Å². The first-order valence-corrected chi connectivity index (χ1v) is 16.3. The third-order valence-electron chi connectivity index (χ3n) is 9.19. The maximum Gasteiger partial charge on any atom is 0.145 e. The van der Waals surface area contributed by atoms with Crippen molar-refractivity contribution in [2.75, 3.05) is 4.90 Å². The molecule has 48 heavy (non-hydrogen) atoms. The molecule has 0 saturated carbocycles. The smallest absolute Gasteiger partial charge is 0.145 e. The Morgan fingerprint density at radius 1 is 0.396 bits per heavy atom. The highest BCUT2D eigenvalue weighted by Crippen LogP contribution is 2.39. The first kappa shape index (κ1) is 27.8. The van der Waals surface area contributed by atoms with E-state index in [1.165, 1.54) is 27.3 Å². The van der Waals surface area contributed by atoms with Gasteiger partial charge in [0.15, 0.2) is 0 Å². The van der Waals surface area contributed by atoms with Crippen LogP contribution >= 0.6 is 0 Å². The van der Waals surface area contributed by atoms with Crippen LogP contribution in [0.1, 0.15) is 0 Å². The molecule has 0 unspecified atom stereocenters. The zero-order chi connectivity index (χ0) is 31.9. The number of benzene rings is 8. The van der Waals surface area contributed by atoms with Crippen molar-refractivity contribution in [1.29, 1.82) is 0 Å². The van der Waals surface area contributed by atoms with E-state index < -0.39 is 0 Å². The van der Waals surface area contributed by atoms with E-state index >= 15 is 0 Å². The number of hydrogen-bond donors (Lipinski definition) is 0. The highest BCUT2D eigenvalue weighted by atomic mass is 15.1. The average molecular weight is 614 g/mol. The van der Waals surface area contributed by atoms with Gasteiger partial charge in [-0.1, -0.05) is 121 Å². The number of para-hydroxylation sites is 2. The molecule has 0 atom stereocenters. The SMILES string of the molecule is c1ccc(N(c2ccc(-c3cccc4ccccc34)cc2)c2ccc(-c3nc4c5ccccc5ccc4n3-c3ccccc3)cc2)cc1. The Labute approximate surface area is 279 Å². The van der Waals surface area contributed by atoms with Gasteiger partial charge in [-0.25, -0.2) is 4.98 Å². The van der Waals surface area contributed by atoms with Crippen LogP contribution in [-0.4, -0.2) is 9.55 Å². The van der Waals surface area contributed by atoms with E-state index in [-0.39, 0.29) is 0 Å². The second-order valence-electron chi connectivity index (χ2n) is 12.1. The quantitative estimate of drug-likeness (QED) is 0.186. The van der Waals surface area contributed by atoms with Gasteiger partial charge in [0, 0.05) is 33.7 Å². The predicted molar refractivity (Wildman–Crippen MR) is 202 cm³/mol. The Morgan fingerprint density at radius 2 is 0.938 bits per heavy atom. The van der Waals surface area contributed by atoms with Gasteiger partial charge in [-0.3, -0.25) is 4.57 Å². The van der Waals surface area contributed by atoms with Crippen LogP contribution < -0.4 is 4.90 Å². The van der Waals surface area contributed by atoms with Crippen LogP contribution in [0.5, 0.6) is 0 Å². The number of hydrogen-bond acceptors (Lipinski definition) is 2. The molecule has 0 saturated heterocycles. The largest absolute Gasteiger partial charge is 0.311 e. The van der Waals surface area contributed by atoms with Gasteiger partial charge in [0.1, 0.15) is 5.82 Å². The number of aromatic nitrogens is 2. The summed E-state index contributed by atoms with van der Waals surface area (Å²) >= 11 is 0. The molecule has 0 fully saturated rings. The van der Waals surface area contributed by atoms with Gasteiger partial charge in [-0.2, -0.15) is 0 Å². The Hall–Kier alpha value is -6.45. The van der Waals surface area contributed by atoms with Gasteiger partial charge in [0.25, 0.3) is 0 Å². The van der Waals surface area contributed by atoms with Gasteiger partial charge in [-0.15, -0.1) is 0 Å². The fraction of sp³-hybridized carbons (Fsp3) is 0. The monoisotopic (exact) mass is 613 g/mol. The maximum atomic E-state index is 5.29. The third kappa shape index (κ3) is 4.81. The molecule has 0 aliphatic rings. The lowest BCUT2D eigenvalue weighted by atomic mass is 9.98. The number of rotatable bonds is 6. The Balaban J connectivity index is 1.14. The molecule has 0 amide bonds. The minimum absolute atomic E-state index is 0.921. The molecule has 0 spiro atoms. The summed E-state index contributed by atoms with van der Waals surface area (Å²) in [6.07, 6.45) is 0. The van der Waals surface area contributed by atoms with E-state index in [1.807, 2.05) is 0 Å². The van der Waals surface area contributed by atoms with Gasteiger partial charge in [0.05, 0.1) is 11.0 Å². The van der Waals surface area contributed by atoms with Crippen LogP contribution in [-0.2, 0) is 0 Å². The molecular weight excluding hydrogens is 583 g/mol. The van der Waals surface area contributed by atoms with Crippen molar-refractivity contribution >= 4 is 49.6 Å². The lowest BCUT2D eigenvalue weighted by molar-refractivity contribution is 1.10. The van der Waals surface area contributed by atoms with Gasteiger partial charge < -0.3 is 4.90 Å². The van der Waals surface area contributed by atoms with Crippen molar-refractivity contribution in [2.45, 2.75) is 0 Å². The number of anilines is 3. The van der Waals surface area contributed by atoms with Crippen molar-refractivity contribution in [2.24, 2.45) is 0 Å². The maximum absolute atomic E-state index is 5.29. The third-order valence-corrected chi connectivity index (χ3v) is 9.19. The highest BCUT2D eigenvalue weighted by molar-refractivity contribution is 6.06. The van der Waals surface area contributed by atoms with E-state index in [1.54, 1.807) is 0 Å². The Bertz CT molecular complexity index is 2530. The minimum atomic E-state index is 0.921. The van der Waals surface area contributed by atoms with Gasteiger partial charge >= 0.3 is 0 Å². The fourth-order valence-electron chi connectivity index (χ4n) is 6.89. The number of fused-ring (bicyclic) bond motifs is 4. The molecular formula is C45H31N3. The first-order chi connectivity index (χ1) is 23.8. The van der Waals surface area contributed by atoms with Crippen molar-refractivity contribution in [3.63, 3.8) is 0 Å². The van der Waals surface area contributed by atoms with Crippen LogP contribution in [0.4, 0.5) is 17.1 Å². The summed E-state index contributed by atoms with van der Waals surface area (Å²) < 4.78 is 2.28. The summed E-state index contributed by atoms with van der Waals surface area (Å²) in [5.74, 6) is 0.921. The second-order valence-corrected chi connectivity index (χ2v) is 12.1. The van der Waals surface area contributed by atoms with E-state index in [0.717, 1.165) is 50.6 Å². The molecule has 0 radical (unpaired) electrons. The zero-order valence-corrected chi connectivity index (χ0v) is 26.2. The second kappa shape index (κ2) is 11.7. The number of imidazole rings is 1. The molecule has 9 rings (SSSR count). The van der Waals surface area contributed by atoms with Crippen molar-refractivity contribution in [3.8, 4) is 28.2 Å². The molecule has 0 aliphatic carbocycles. The van der Waals surface area contributed by atoms with Crippen LogP contribution in [0, 0.1) is 0 Å². The lowest BCUT2D eigenvalue weighted by Crippen LogP contribution is -2.09. The van der Waals surface area contributed by atoms with Gasteiger partial charge in [-0.05, 0) is 94.0 Å². The summed E-state index contributed by atoms with van der Waals surface area (Å²) in [7, 11) is 0. The molecule has 8 aromatic carbocycles. The van der Waals surface area contributed by atoms with Crippen molar-refractivity contribution in [1.82, 2.24) is 9.55 Å². The molecule has 3 heteroatoms. The van der Waals surface area contributed by atoms with E-state index in [9.17, 15) is 0 Å². The number of nitrogens with zero attached hydrogens (tertiary/aromatic N) is 3.